The lowest BCUT2D eigenvalue weighted by Gasteiger charge is -2.13. The minimum absolute atomic E-state index is 0.0161. The Hall–Kier alpha value is -3.48. The van der Waals surface area contributed by atoms with Gasteiger partial charge in [0.05, 0.1) is 6.42 Å². The van der Waals surface area contributed by atoms with Crippen LogP contribution < -0.4 is 0 Å². The predicted molar refractivity (Wildman–Crippen MR) is 103 cm³/mol. The predicted octanol–water partition coefficient (Wildman–Crippen LogP) is 4.02. The molecule has 0 amide bonds. The monoisotopic (exact) mass is 374 g/mol. The van der Waals surface area contributed by atoms with Gasteiger partial charge in [-0.2, -0.15) is 4.98 Å². The van der Waals surface area contributed by atoms with E-state index < -0.39 is 5.97 Å². The number of nitrogens with zero attached hydrogens (tertiary/aromatic N) is 4. The van der Waals surface area contributed by atoms with E-state index in [0.717, 1.165) is 34.9 Å². The summed E-state index contributed by atoms with van der Waals surface area (Å²) >= 11 is 0. The van der Waals surface area contributed by atoms with Crippen LogP contribution in [0.25, 0.3) is 33.9 Å². The van der Waals surface area contributed by atoms with Crippen molar-refractivity contribution in [2.45, 2.75) is 32.2 Å². The van der Waals surface area contributed by atoms with Crippen molar-refractivity contribution < 1.29 is 14.4 Å². The number of rotatable bonds is 4. The van der Waals surface area contributed by atoms with Gasteiger partial charge in [-0.3, -0.25) is 9.78 Å². The van der Waals surface area contributed by atoms with Gasteiger partial charge in [0.1, 0.15) is 5.69 Å². The van der Waals surface area contributed by atoms with Crippen molar-refractivity contribution in [1.29, 1.82) is 0 Å². The minimum atomic E-state index is -0.774. The Kier molecular flexibility index (Phi) is 3.75. The molecule has 1 N–H and O–H groups in total. The fraction of sp³-hybridized carbons (Fsp3) is 0.238. The van der Waals surface area contributed by atoms with Crippen LogP contribution in [0.3, 0.4) is 0 Å². The first kappa shape index (κ1) is 16.7. The Balaban J connectivity index is 1.55. The first-order chi connectivity index (χ1) is 13.6. The molecule has 0 saturated heterocycles. The average molecular weight is 374 g/mol. The third-order valence-corrected chi connectivity index (χ3v) is 5.25. The number of fused-ring (bicyclic) bond motifs is 3. The first-order valence-electron chi connectivity index (χ1n) is 9.21. The zero-order valence-electron chi connectivity index (χ0n) is 15.3. The average Bonchev–Trinajstić information content (AvgIpc) is 3.37. The Morgan fingerprint density at radius 2 is 2.18 bits per heavy atom. The largest absolute Gasteiger partial charge is 0.481 e. The number of hydrogen-bond donors (Lipinski definition) is 1. The van der Waals surface area contributed by atoms with Gasteiger partial charge in [-0.1, -0.05) is 17.3 Å². The van der Waals surface area contributed by atoms with Gasteiger partial charge >= 0.3 is 5.97 Å². The Morgan fingerprint density at radius 3 is 3.00 bits per heavy atom. The normalized spacial score (nSPS) is 15.8. The fourth-order valence-corrected chi connectivity index (χ4v) is 3.98. The van der Waals surface area contributed by atoms with Crippen LogP contribution in [0.1, 0.15) is 30.1 Å². The molecule has 28 heavy (non-hydrogen) atoms. The van der Waals surface area contributed by atoms with Crippen LogP contribution in [-0.2, 0) is 11.2 Å². The zero-order chi connectivity index (χ0) is 19.3. The van der Waals surface area contributed by atoms with Crippen molar-refractivity contribution in [2.75, 3.05) is 0 Å². The second-order valence-corrected chi connectivity index (χ2v) is 7.21. The molecule has 0 bridgehead atoms. The van der Waals surface area contributed by atoms with Crippen LogP contribution in [0.2, 0.25) is 0 Å². The van der Waals surface area contributed by atoms with Crippen LogP contribution in [0, 0.1) is 6.92 Å². The second kappa shape index (κ2) is 6.30. The van der Waals surface area contributed by atoms with E-state index >= 15 is 0 Å². The summed E-state index contributed by atoms with van der Waals surface area (Å²) in [4.78, 5) is 20.0. The molecule has 0 spiro atoms. The highest BCUT2D eigenvalue weighted by Gasteiger charge is 2.26. The van der Waals surface area contributed by atoms with Crippen molar-refractivity contribution in [3.8, 4) is 23.0 Å². The molecule has 1 atom stereocenters. The van der Waals surface area contributed by atoms with Gasteiger partial charge in [0.15, 0.2) is 0 Å². The van der Waals surface area contributed by atoms with Crippen molar-refractivity contribution in [1.82, 2.24) is 19.7 Å². The number of aliphatic carboxylic acids is 1. The number of aryl methyl sites for hydroxylation is 2. The Labute approximate surface area is 160 Å². The summed E-state index contributed by atoms with van der Waals surface area (Å²) in [5.74, 6) is 0.0933. The van der Waals surface area contributed by atoms with E-state index in [1.807, 2.05) is 37.3 Å². The molecule has 1 aliphatic rings. The highest BCUT2D eigenvalue weighted by Crippen LogP contribution is 2.36. The molecule has 5 rings (SSSR count). The van der Waals surface area contributed by atoms with Crippen LogP contribution in [-0.4, -0.2) is 30.8 Å². The fourth-order valence-electron chi connectivity index (χ4n) is 3.98. The van der Waals surface area contributed by atoms with E-state index in [-0.39, 0.29) is 12.5 Å². The molecule has 0 radical (unpaired) electrons. The number of carboxylic acid groups (broad SMARTS) is 1. The maximum Gasteiger partial charge on any atom is 0.305 e. The number of carbonyl (C=O) groups is 1. The van der Waals surface area contributed by atoms with Gasteiger partial charge in [0, 0.05) is 29.0 Å². The number of pyridine rings is 1. The van der Waals surface area contributed by atoms with Gasteiger partial charge in [-0.15, -0.1) is 0 Å². The van der Waals surface area contributed by atoms with Gasteiger partial charge < -0.3 is 14.2 Å². The molecular formula is C21H18N4O3. The lowest BCUT2D eigenvalue weighted by atomic mass is 10.1. The van der Waals surface area contributed by atoms with E-state index in [1.165, 1.54) is 5.69 Å². The highest BCUT2D eigenvalue weighted by atomic mass is 16.5. The van der Waals surface area contributed by atoms with E-state index in [9.17, 15) is 9.90 Å². The molecular weight excluding hydrogens is 356 g/mol. The Morgan fingerprint density at radius 1 is 1.29 bits per heavy atom. The van der Waals surface area contributed by atoms with Crippen LogP contribution >= 0.6 is 0 Å². The number of aromatic nitrogens is 4. The standard InChI is InChI=1S/C21H18N4O3/c1-12-6-7-22-17(8-12)21-23-20(24-28-21)14-3-2-13-9-15-4-5-16(11-19(26)27)25(15)18(13)10-14/h2-3,6-10,16H,4-5,11H2,1H3,(H,26,27). The number of carboxylic acids is 1. The quantitative estimate of drug-likeness (QED) is 0.580. The summed E-state index contributed by atoms with van der Waals surface area (Å²) in [5.41, 5.74) is 4.73. The molecule has 1 aromatic carbocycles. The summed E-state index contributed by atoms with van der Waals surface area (Å²) in [6, 6.07) is 11.9. The molecule has 7 nitrogen and oxygen atoms in total. The van der Waals surface area contributed by atoms with Gasteiger partial charge in [-0.25, -0.2) is 0 Å². The van der Waals surface area contributed by atoms with E-state index in [4.69, 9.17) is 4.52 Å². The number of hydrogen-bond acceptors (Lipinski definition) is 5. The highest BCUT2D eigenvalue weighted by molar-refractivity contribution is 5.86. The summed E-state index contributed by atoms with van der Waals surface area (Å²) in [5, 5.41) is 14.4. The third kappa shape index (κ3) is 2.76. The molecule has 140 valence electrons. The summed E-state index contributed by atoms with van der Waals surface area (Å²) in [6.45, 7) is 1.98. The van der Waals surface area contributed by atoms with Crippen LogP contribution in [0.4, 0.5) is 0 Å². The summed E-state index contributed by atoms with van der Waals surface area (Å²) < 4.78 is 7.56. The SMILES string of the molecule is Cc1ccnc(-c2nc(-c3ccc4cc5n(c4c3)C(CC(=O)O)CC5)no2)c1. The molecule has 4 heterocycles. The van der Waals surface area contributed by atoms with Crippen molar-refractivity contribution >= 4 is 16.9 Å². The Bertz CT molecular complexity index is 1210. The molecule has 7 heteroatoms. The van der Waals surface area contributed by atoms with Gasteiger partial charge in [-0.05, 0) is 55.0 Å². The molecule has 0 aliphatic carbocycles. The van der Waals surface area contributed by atoms with Crippen molar-refractivity contribution in [3.05, 3.63) is 53.9 Å². The molecule has 0 fully saturated rings. The first-order valence-corrected chi connectivity index (χ1v) is 9.21. The molecule has 3 aromatic heterocycles. The zero-order valence-corrected chi connectivity index (χ0v) is 15.3. The van der Waals surface area contributed by atoms with Crippen LogP contribution in [0.5, 0.6) is 0 Å². The van der Waals surface area contributed by atoms with Crippen molar-refractivity contribution in [2.24, 2.45) is 0 Å². The maximum atomic E-state index is 11.2. The lowest BCUT2D eigenvalue weighted by Crippen LogP contribution is -2.09. The van der Waals surface area contributed by atoms with Crippen LogP contribution in [0.15, 0.2) is 47.1 Å². The third-order valence-electron chi connectivity index (χ3n) is 5.25. The molecule has 0 saturated carbocycles. The molecule has 4 aromatic rings. The lowest BCUT2D eigenvalue weighted by molar-refractivity contribution is -0.137. The summed E-state index contributed by atoms with van der Waals surface area (Å²) in [6.07, 6.45) is 3.60. The smallest absolute Gasteiger partial charge is 0.305 e. The van der Waals surface area contributed by atoms with E-state index in [0.29, 0.717) is 17.4 Å². The number of benzene rings is 1. The van der Waals surface area contributed by atoms with E-state index in [2.05, 4.69) is 25.8 Å². The van der Waals surface area contributed by atoms with E-state index in [1.54, 1.807) is 6.20 Å². The van der Waals surface area contributed by atoms with Crippen molar-refractivity contribution in [3.63, 3.8) is 0 Å². The van der Waals surface area contributed by atoms with Gasteiger partial charge in [0.2, 0.25) is 5.82 Å². The minimum Gasteiger partial charge on any atom is -0.481 e. The topological polar surface area (TPSA) is 94.0 Å². The van der Waals surface area contributed by atoms with Gasteiger partial charge in [0.25, 0.3) is 5.89 Å². The summed E-state index contributed by atoms with van der Waals surface area (Å²) in [7, 11) is 0. The molecule has 1 unspecified atom stereocenters. The maximum absolute atomic E-state index is 11.2. The second-order valence-electron chi connectivity index (χ2n) is 7.21. The molecule has 1 aliphatic heterocycles.